The van der Waals surface area contributed by atoms with Crippen LogP contribution in [0.1, 0.15) is 37.7 Å². The molecule has 3 aliphatic rings. The number of rotatable bonds is 5. The molecule has 10 heteroatoms. The van der Waals surface area contributed by atoms with E-state index in [0.717, 1.165) is 45.2 Å². The molecular weight excluding hydrogens is 540 g/mol. The van der Waals surface area contributed by atoms with Crippen molar-refractivity contribution >= 4 is 27.5 Å². The maximum atomic E-state index is 16.6. The van der Waals surface area contributed by atoms with Gasteiger partial charge in [0.15, 0.2) is 5.82 Å². The van der Waals surface area contributed by atoms with Gasteiger partial charge in [-0.1, -0.05) is 12.0 Å². The molecule has 2 aromatic carbocycles. The summed E-state index contributed by atoms with van der Waals surface area (Å²) in [7, 11) is 0. The summed E-state index contributed by atoms with van der Waals surface area (Å²) >= 11 is 0. The summed E-state index contributed by atoms with van der Waals surface area (Å²) < 4.78 is 43.3. The topological polar surface area (TPSA) is 83.8 Å². The van der Waals surface area contributed by atoms with Gasteiger partial charge in [0.25, 0.3) is 0 Å². The summed E-state index contributed by atoms with van der Waals surface area (Å²) in [6.45, 7) is 4.96. The third-order valence-corrected chi connectivity index (χ3v) is 8.90. The van der Waals surface area contributed by atoms with Crippen molar-refractivity contribution in [1.82, 2.24) is 19.9 Å². The number of hydrogen-bond donors (Lipinski definition) is 1. The summed E-state index contributed by atoms with van der Waals surface area (Å²) in [6, 6.07) is 5.63. The van der Waals surface area contributed by atoms with Crippen LogP contribution in [0.3, 0.4) is 0 Å². The minimum absolute atomic E-state index is 0.0299. The maximum Gasteiger partial charge on any atom is 0.319 e. The molecule has 3 fully saturated rings. The number of benzene rings is 2. The highest BCUT2D eigenvalue weighted by Gasteiger charge is 2.45. The molecule has 0 aliphatic carbocycles. The number of terminal acetylenes is 1. The molecule has 3 saturated heterocycles. The molecule has 0 saturated carbocycles. The fraction of sp³-hybridized carbons (Fsp3) is 0.406. The van der Waals surface area contributed by atoms with Gasteiger partial charge in [0.2, 0.25) is 0 Å². The lowest BCUT2D eigenvalue weighted by Gasteiger charge is -2.31. The number of fused-ring (bicyclic) bond motifs is 3. The largest absolute Gasteiger partial charge is 0.508 e. The quantitative estimate of drug-likeness (QED) is 0.334. The van der Waals surface area contributed by atoms with Gasteiger partial charge in [0.05, 0.1) is 23.1 Å². The van der Waals surface area contributed by atoms with Gasteiger partial charge in [-0.2, -0.15) is 9.97 Å². The number of anilines is 1. The Morgan fingerprint density at radius 3 is 2.69 bits per heavy atom. The molecule has 0 atom stereocenters. The van der Waals surface area contributed by atoms with Gasteiger partial charge < -0.3 is 19.5 Å². The zero-order valence-electron chi connectivity index (χ0n) is 23.2. The van der Waals surface area contributed by atoms with Crippen molar-refractivity contribution < 1.29 is 23.4 Å². The van der Waals surface area contributed by atoms with Crippen LogP contribution in [0, 0.1) is 24.0 Å². The highest BCUT2D eigenvalue weighted by Crippen LogP contribution is 2.41. The Hall–Kier alpha value is -4.07. The molecule has 0 radical (unpaired) electrons. The van der Waals surface area contributed by atoms with E-state index in [1.807, 2.05) is 0 Å². The van der Waals surface area contributed by atoms with E-state index >= 15 is 4.39 Å². The molecule has 0 amide bonds. The highest BCUT2D eigenvalue weighted by molar-refractivity contribution is 6.03. The van der Waals surface area contributed by atoms with E-state index in [4.69, 9.17) is 20.9 Å². The van der Waals surface area contributed by atoms with Crippen molar-refractivity contribution in [3.63, 3.8) is 0 Å². The van der Waals surface area contributed by atoms with Crippen LogP contribution < -0.4 is 9.64 Å². The molecule has 0 bridgehead atoms. The highest BCUT2D eigenvalue weighted by atomic mass is 19.1. The summed E-state index contributed by atoms with van der Waals surface area (Å²) in [5, 5.41) is 11.7. The Labute approximate surface area is 242 Å². The molecule has 2 aromatic heterocycles. The Morgan fingerprint density at radius 1 is 1.05 bits per heavy atom. The van der Waals surface area contributed by atoms with Gasteiger partial charge in [-0.25, -0.2) is 8.78 Å². The van der Waals surface area contributed by atoms with E-state index in [1.54, 1.807) is 0 Å². The molecule has 1 N–H and O–H groups in total. The molecular formula is C32H31F2N5O3. The predicted molar refractivity (Wildman–Crippen MR) is 156 cm³/mol. The van der Waals surface area contributed by atoms with Gasteiger partial charge in [-0.15, -0.1) is 6.42 Å². The van der Waals surface area contributed by atoms with E-state index in [0.29, 0.717) is 49.5 Å². The Kier molecular flexibility index (Phi) is 6.79. The van der Waals surface area contributed by atoms with Crippen LogP contribution in [0.15, 0.2) is 30.5 Å². The van der Waals surface area contributed by atoms with E-state index in [2.05, 4.69) is 25.7 Å². The van der Waals surface area contributed by atoms with Gasteiger partial charge in [0, 0.05) is 36.8 Å². The molecule has 3 aliphatic heterocycles. The summed E-state index contributed by atoms with van der Waals surface area (Å²) in [6.07, 6.45) is 12.3. The van der Waals surface area contributed by atoms with Crippen LogP contribution >= 0.6 is 0 Å². The number of aromatic hydroxyl groups is 1. The Morgan fingerprint density at radius 2 is 1.88 bits per heavy atom. The van der Waals surface area contributed by atoms with Crippen molar-refractivity contribution in [1.29, 1.82) is 0 Å². The number of nitrogens with zero attached hydrogens (tertiary/aromatic N) is 5. The summed E-state index contributed by atoms with van der Waals surface area (Å²) in [5.41, 5.74) is 0.0449. The van der Waals surface area contributed by atoms with Gasteiger partial charge in [-0.05, 0) is 68.8 Å². The number of phenols is 1. The second-order valence-corrected chi connectivity index (χ2v) is 11.3. The molecule has 0 unspecified atom stereocenters. The second kappa shape index (κ2) is 10.6. The lowest BCUT2D eigenvalue weighted by molar-refractivity contribution is 0.108. The first-order valence-electron chi connectivity index (χ1n) is 14.5. The number of hydrogen-bond acceptors (Lipinski definition) is 8. The van der Waals surface area contributed by atoms with Crippen LogP contribution in [-0.4, -0.2) is 76.5 Å². The first-order chi connectivity index (χ1) is 20.5. The molecule has 5 heterocycles. The van der Waals surface area contributed by atoms with Crippen LogP contribution in [0.2, 0.25) is 0 Å². The first kappa shape index (κ1) is 26.8. The summed E-state index contributed by atoms with van der Waals surface area (Å²) in [4.78, 5) is 18.4. The van der Waals surface area contributed by atoms with E-state index in [9.17, 15) is 9.50 Å². The van der Waals surface area contributed by atoms with Crippen molar-refractivity contribution in [2.24, 2.45) is 0 Å². The number of pyridine rings is 1. The minimum atomic E-state index is -0.729. The van der Waals surface area contributed by atoms with Crippen LogP contribution in [0.4, 0.5) is 14.6 Å². The predicted octanol–water partition coefficient (Wildman–Crippen LogP) is 5.04. The summed E-state index contributed by atoms with van der Waals surface area (Å²) in [5.74, 6) is 1.44. The molecule has 8 nitrogen and oxygen atoms in total. The normalized spacial score (nSPS) is 18.7. The minimum Gasteiger partial charge on any atom is -0.508 e. The number of phenolic OH excluding ortho intramolecular Hbond substituents is 1. The zero-order chi connectivity index (χ0) is 28.8. The van der Waals surface area contributed by atoms with Crippen LogP contribution in [0.25, 0.3) is 32.9 Å². The fourth-order valence-corrected chi connectivity index (χ4v) is 6.89. The molecule has 42 heavy (non-hydrogen) atoms. The zero-order valence-corrected chi connectivity index (χ0v) is 23.2. The van der Waals surface area contributed by atoms with Crippen LogP contribution in [0.5, 0.6) is 11.8 Å². The Balaban J connectivity index is 1.39. The average molecular weight is 572 g/mol. The van der Waals surface area contributed by atoms with Crippen LogP contribution in [-0.2, 0) is 4.74 Å². The lowest BCUT2D eigenvalue weighted by atomic mass is 9.95. The monoisotopic (exact) mass is 571 g/mol. The van der Waals surface area contributed by atoms with Gasteiger partial charge in [-0.3, -0.25) is 9.88 Å². The van der Waals surface area contributed by atoms with Crippen molar-refractivity contribution in [3.8, 4) is 35.4 Å². The molecule has 7 rings (SSSR count). The first-order valence-corrected chi connectivity index (χ1v) is 14.5. The molecule has 4 aromatic rings. The van der Waals surface area contributed by atoms with Gasteiger partial charge in [0.1, 0.15) is 35.2 Å². The maximum absolute atomic E-state index is 16.6. The van der Waals surface area contributed by atoms with E-state index in [1.165, 1.54) is 30.5 Å². The average Bonchev–Trinajstić information content (AvgIpc) is 3.45. The Bertz CT molecular complexity index is 1720. The van der Waals surface area contributed by atoms with Crippen molar-refractivity contribution in [2.75, 3.05) is 50.9 Å². The number of aromatic nitrogens is 3. The lowest BCUT2D eigenvalue weighted by Crippen LogP contribution is -2.43. The number of ether oxygens (including phenoxy) is 2. The standard InChI is InChI=1S/C32H31F2N5O3/c1-2-22-25(33)7-6-20-16-21(40)17-23(26(20)22)28-27(34)29-24(18-35-28)30(38-10-5-14-41-15-13-38)37-31(36-29)42-19-32-8-3-11-39(32)12-4-9-32/h1,6-7,16-18,40H,3-5,8-15,19H2. The molecule has 216 valence electrons. The second-order valence-electron chi connectivity index (χ2n) is 11.3. The van der Waals surface area contributed by atoms with E-state index < -0.39 is 11.6 Å². The third-order valence-electron chi connectivity index (χ3n) is 8.90. The molecule has 0 spiro atoms. The SMILES string of the molecule is C#Cc1c(F)ccc2cc(O)cc(-c3ncc4c(N5CCCOCC5)nc(OCC56CCCN5CCC6)nc4c3F)c12. The van der Waals surface area contributed by atoms with E-state index in [-0.39, 0.29) is 45.0 Å². The fourth-order valence-electron chi connectivity index (χ4n) is 6.89. The van der Waals surface area contributed by atoms with Crippen molar-refractivity contribution in [2.45, 2.75) is 37.6 Å². The smallest absolute Gasteiger partial charge is 0.319 e. The van der Waals surface area contributed by atoms with Gasteiger partial charge >= 0.3 is 6.01 Å². The number of halogens is 2. The van der Waals surface area contributed by atoms with Crippen molar-refractivity contribution in [3.05, 3.63) is 47.7 Å². The third kappa shape index (κ3) is 4.48.